The van der Waals surface area contributed by atoms with E-state index in [4.69, 9.17) is 4.74 Å². The average molecular weight is 394 g/mol. The predicted molar refractivity (Wildman–Crippen MR) is 105 cm³/mol. The Labute approximate surface area is 167 Å². The number of carbonyl (C=O) groups excluding carboxylic acids is 2. The van der Waals surface area contributed by atoms with Gasteiger partial charge >= 0.3 is 0 Å². The van der Waals surface area contributed by atoms with Crippen LogP contribution in [-0.2, 0) is 16.0 Å². The van der Waals surface area contributed by atoms with E-state index in [0.717, 1.165) is 17.0 Å². The highest BCUT2D eigenvalue weighted by Crippen LogP contribution is 2.21. The second-order valence-electron chi connectivity index (χ2n) is 7.05. The van der Waals surface area contributed by atoms with Crippen molar-refractivity contribution in [3.8, 4) is 17.0 Å². The van der Waals surface area contributed by atoms with Gasteiger partial charge in [-0.05, 0) is 24.3 Å². The minimum Gasteiger partial charge on any atom is -0.497 e. The Balaban J connectivity index is 1.38. The van der Waals surface area contributed by atoms with Crippen molar-refractivity contribution in [3.63, 3.8) is 0 Å². The molecule has 1 aromatic carbocycles. The van der Waals surface area contributed by atoms with Crippen LogP contribution in [0.3, 0.4) is 0 Å². The van der Waals surface area contributed by atoms with Crippen molar-refractivity contribution < 1.29 is 14.3 Å². The van der Waals surface area contributed by atoms with E-state index < -0.39 is 0 Å². The molecule has 29 heavy (non-hydrogen) atoms. The van der Waals surface area contributed by atoms with Gasteiger partial charge in [-0.2, -0.15) is 0 Å². The predicted octanol–water partition coefficient (Wildman–Crippen LogP) is 0.937. The molecule has 1 saturated heterocycles. The zero-order valence-electron chi connectivity index (χ0n) is 16.3. The molecule has 1 N–H and O–H groups in total. The molecule has 9 heteroatoms. The van der Waals surface area contributed by atoms with Gasteiger partial charge in [0.05, 0.1) is 18.7 Å². The maximum Gasteiger partial charge on any atom is 0.225 e. The fourth-order valence-corrected chi connectivity index (χ4v) is 3.35. The van der Waals surface area contributed by atoms with Crippen molar-refractivity contribution in [2.24, 2.45) is 5.92 Å². The maximum absolute atomic E-state index is 12.2. The van der Waals surface area contributed by atoms with Crippen LogP contribution in [0.25, 0.3) is 16.9 Å². The smallest absolute Gasteiger partial charge is 0.225 e. The number of carbonyl (C=O) groups is 2. The van der Waals surface area contributed by atoms with Crippen molar-refractivity contribution in [3.05, 3.63) is 42.5 Å². The lowest BCUT2D eigenvalue weighted by Crippen LogP contribution is -2.33. The third-order valence-electron chi connectivity index (χ3n) is 5.02. The van der Waals surface area contributed by atoms with Crippen LogP contribution >= 0.6 is 0 Å². The Bertz CT molecular complexity index is 1050. The lowest BCUT2D eigenvalue weighted by atomic mass is 10.1. The lowest BCUT2D eigenvalue weighted by Gasteiger charge is -2.10. The summed E-state index contributed by atoms with van der Waals surface area (Å²) in [5.41, 5.74) is 2.44. The molecule has 0 unspecified atom stereocenters. The van der Waals surface area contributed by atoms with Gasteiger partial charge in [-0.3, -0.25) is 9.59 Å². The second kappa shape index (κ2) is 7.86. The van der Waals surface area contributed by atoms with Crippen molar-refractivity contribution >= 4 is 17.5 Å². The van der Waals surface area contributed by atoms with Gasteiger partial charge in [0.1, 0.15) is 12.1 Å². The van der Waals surface area contributed by atoms with E-state index >= 15 is 0 Å². The van der Waals surface area contributed by atoms with E-state index in [9.17, 15) is 9.59 Å². The normalized spacial score (nSPS) is 16.4. The van der Waals surface area contributed by atoms with Gasteiger partial charge in [0.2, 0.25) is 11.8 Å². The molecule has 1 atom stereocenters. The van der Waals surface area contributed by atoms with Crippen LogP contribution in [0.4, 0.5) is 0 Å². The van der Waals surface area contributed by atoms with Crippen molar-refractivity contribution in [2.45, 2.75) is 12.8 Å². The Morgan fingerprint density at radius 1 is 1.31 bits per heavy atom. The molecule has 1 aliphatic heterocycles. The molecule has 0 saturated carbocycles. The van der Waals surface area contributed by atoms with Crippen LogP contribution in [0.5, 0.6) is 5.75 Å². The number of likely N-dealkylation sites (tertiary alicyclic amines) is 1. The van der Waals surface area contributed by atoms with Crippen molar-refractivity contribution in [2.75, 3.05) is 27.2 Å². The number of hydrogen-bond acceptors (Lipinski definition) is 6. The molecule has 1 fully saturated rings. The third-order valence-corrected chi connectivity index (χ3v) is 5.02. The molecular weight excluding hydrogens is 372 g/mol. The highest BCUT2D eigenvalue weighted by molar-refractivity contribution is 5.89. The number of nitrogens with one attached hydrogen (secondary N) is 1. The van der Waals surface area contributed by atoms with E-state index in [2.05, 4.69) is 20.4 Å². The van der Waals surface area contributed by atoms with Crippen LogP contribution in [0.1, 0.15) is 12.2 Å². The van der Waals surface area contributed by atoms with Gasteiger partial charge < -0.3 is 15.0 Å². The largest absolute Gasteiger partial charge is 0.497 e. The monoisotopic (exact) mass is 394 g/mol. The minimum atomic E-state index is -0.280. The lowest BCUT2D eigenvalue weighted by molar-refractivity contribution is -0.128. The van der Waals surface area contributed by atoms with Crippen LogP contribution in [0.15, 0.2) is 36.7 Å². The first-order valence-electron chi connectivity index (χ1n) is 9.41. The number of amides is 2. The molecular formula is C20H22N6O3. The molecule has 2 amide bonds. The van der Waals surface area contributed by atoms with E-state index in [1.807, 2.05) is 30.3 Å². The number of benzene rings is 1. The molecule has 0 aliphatic carbocycles. The fraction of sp³-hybridized carbons (Fsp3) is 0.350. The van der Waals surface area contributed by atoms with E-state index in [1.54, 1.807) is 29.9 Å². The molecule has 3 heterocycles. The molecule has 9 nitrogen and oxygen atoms in total. The first-order chi connectivity index (χ1) is 14.0. The second-order valence-corrected chi connectivity index (χ2v) is 7.05. The summed E-state index contributed by atoms with van der Waals surface area (Å²) in [6, 6.07) is 9.52. The summed E-state index contributed by atoms with van der Waals surface area (Å²) in [5.74, 6) is 1.04. The average Bonchev–Trinajstić information content (AvgIpc) is 3.30. The number of rotatable bonds is 6. The summed E-state index contributed by atoms with van der Waals surface area (Å²) >= 11 is 0. The first kappa shape index (κ1) is 18.9. The highest BCUT2D eigenvalue weighted by Gasteiger charge is 2.31. The van der Waals surface area contributed by atoms with E-state index in [-0.39, 0.29) is 24.2 Å². The summed E-state index contributed by atoms with van der Waals surface area (Å²) in [6.45, 7) is 0.889. The number of hydrogen-bond donors (Lipinski definition) is 1. The van der Waals surface area contributed by atoms with Crippen molar-refractivity contribution in [1.29, 1.82) is 0 Å². The standard InChI is InChI=1S/C20H22N6O3/c1-25-11-14(9-19(25)27)20(28)21-8-7-17-23-18-10-16(22-12-26(18)24-17)13-3-5-15(29-2)6-4-13/h3-6,10,12,14H,7-9,11H2,1-2H3,(H,21,28)/t14-/m1/s1. The van der Waals surface area contributed by atoms with Crippen LogP contribution < -0.4 is 10.1 Å². The summed E-state index contributed by atoms with van der Waals surface area (Å²) in [7, 11) is 3.34. The molecule has 0 radical (unpaired) electrons. The number of fused-ring (bicyclic) bond motifs is 1. The summed E-state index contributed by atoms with van der Waals surface area (Å²) in [5, 5.41) is 7.27. The zero-order valence-corrected chi connectivity index (χ0v) is 16.3. The molecule has 1 aliphatic rings. The minimum absolute atomic E-state index is 0.00679. The maximum atomic E-state index is 12.2. The van der Waals surface area contributed by atoms with Crippen molar-refractivity contribution in [1.82, 2.24) is 29.8 Å². The molecule has 0 spiro atoms. The number of aromatic nitrogens is 4. The Morgan fingerprint density at radius 3 is 2.79 bits per heavy atom. The fourth-order valence-electron chi connectivity index (χ4n) is 3.35. The van der Waals surface area contributed by atoms with Gasteiger partial charge in [-0.25, -0.2) is 14.5 Å². The van der Waals surface area contributed by atoms with Crippen LogP contribution in [-0.4, -0.2) is 63.5 Å². The first-order valence-corrected chi connectivity index (χ1v) is 9.41. The van der Waals surface area contributed by atoms with Gasteiger partial charge in [-0.1, -0.05) is 0 Å². The molecule has 3 aromatic rings. The third kappa shape index (κ3) is 4.03. The number of ether oxygens (including phenoxy) is 1. The van der Waals surface area contributed by atoms with Crippen LogP contribution in [0.2, 0.25) is 0 Å². The Hall–Kier alpha value is -3.49. The summed E-state index contributed by atoms with van der Waals surface area (Å²) < 4.78 is 6.80. The van der Waals surface area contributed by atoms with Gasteiger partial charge in [0.25, 0.3) is 0 Å². The number of methoxy groups -OCH3 is 1. The van der Waals surface area contributed by atoms with Gasteiger partial charge in [0.15, 0.2) is 11.5 Å². The Morgan fingerprint density at radius 2 is 2.10 bits per heavy atom. The van der Waals surface area contributed by atoms with Gasteiger partial charge in [0, 0.05) is 44.6 Å². The van der Waals surface area contributed by atoms with E-state index in [1.165, 1.54) is 0 Å². The highest BCUT2D eigenvalue weighted by atomic mass is 16.5. The quantitative estimate of drug-likeness (QED) is 0.668. The number of nitrogens with zero attached hydrogens (tertiary/aromatic N) is 5. The SMILES string of the molecule is COc1ccc(-c2cc3nc(CCNC(=O)[C@@H]4CC(=O)N(C)C4)nn3cn2)cc1. The Kier molecular flexibility index (Phi) is 5.11. The summed E-state index contributed by atoms with van der Waals surface area (Å²) in [6.07, 6.45) is 2.40. The molecule has 2 aromatic heterocycles. The summed E-state index contributed by atoms with van der Waals surface area (Å²) in [4.78, 5) is 34.3. The van der Waals surface area contributed by atoms with Crippen LogP contribution in [0, 0.1) is 5.92 Å². The zero-order chi connectivity index (χ0) is 20.4. The molecule has 0 bridgehead atoms. The van der Waals surface area contributed by atoms with E-state index in [0.29, 0.717) is 31.0 Å². The molecule has 150 valence electrons. The topological polar surface area (TPSA) is 102 Å². The van der Waals surface area contributed by atoms with Gasteiger partial charge in [-0.15, -0.1) is 5.10 Å². The molecule has 4 rings (SSSR count).